The quantitative estimate of drug-likeness (QED) is 0.888. The van der Waals surface area contributed by atoms with Gasteiger partial charge in [-0.25, -0.2) is 9.97 Å². The van der Waals surface area contributed by atoms with Crippen LogP contribution < -0.4 is 5.32 Å². The Bertz CT molecular complexity index is 630. The number of rotatable bonds is 4. The molecule has 0 aliphatic rings. The van der Waals surface area contributed by atoms with Crippen molar-refractivity contribution < 1.29 is 0 Å². The molecule has 0 atom stereocenters. The molecule has 0 amide bonds. The van der Waals surface area contributed by atoms with Gasteiger partial charge in [-0.1, -0.05) is 19.2 Å². The van der Waals surface area contributed by atoms with Crippen LogP contribution in [0.2, 0.25) is 0 Å². The van der Waals surface area contributed by atoms with Crippen LogP contribution in [-0.4, -0.2) is 9.97 Å². The van der Waals surface area contributed by atoms with Gasteiger partial charge in [0, 0.05) is 11.8 Å². The minimum absolute atomic E-state index is 0.760. The Morgan fingerprint density at radius 3 is 2.53 bits per heavy atom. The second-order valence-electron chi connectivity index (χ2n) is 4.37. The van der Waals surface area contributed by atoms with E-state index >= 15 is 0 Å². The van der Waals surface area contributed by atoms with Gasteiger partial charge >= 0.3 is 0 Å². The normalized spacial score (nSPS) is 10.0. The van der Waals surface area contributed by atoms with E-state index < -0.39 is 0 Å². The Kier molecular flexibility index (Phi) is 3.76. The number of aromatic nitrogens is 2. The zero-order valence-electron chi connectivity index (χ0n) is 11.3. The van der Waals surface area contributed by atoms with Crippen molar-refractivity contribution in [2.45, 2.75) is 13.8 Å². The van der Waals surface area contributed by atoms with Crippen LogP contribution >= 0.6 is 0 Å². The van der Waals surface area contributed by atoms with Crippen LogP contribution in [-0.2, 0) is 0 Å². The van der Waals surface area contributed by atoms with Gasteiger partial charge in [-0.05, 0) is 49.2 Å². The lowest BCUT2D eigenvalue weighted by molar-refractivity contribution is 1.20. The Balaban J connectivity index is 2.38. The lowest BCUT2D eigenvalue weighted by Gasteiger charge is -2.10. The largest absolute Gasteiger partial charge is 0.325 e. The predicted molar refractivity (Wildman–Crippen MR) is 81.4 cm³/mol. The van der Waals surface area contributed by atoms with Crippen molar-refractivity contribution in [3.63, 3.8) is 0 Å². The van der Waals surface area contributed by atoms with Gasteiger partial charge in [0.05, 0.1) is 5.69 Å². The third kappa shape index (κ3) is 2.88. The molecule has 1 N–H and O–H groups in total. The predicted octanol–water partition coefficient (Wildman–Crippen LogP) is 4.12. The van der Waals surface area contributed by atoms with E-state index in [1.165, 1.54) is 0 Å². The summed E-state index contributed by atoms with van der Waals surface area (Å²) < 4.78 is 0. The highest BCUT2D eigenvalue weighted by Gasteiger charge is 2.05. The van der Waals surface area contributed by atoms with Crippen LogP contribution in [0, 0.1) is 13.8 Å². The molecule has 0 aromatic carbocycles. The van der Waals surface area contributed by atoms with E-state index in [1.54, 1.807) is 18.3 Å². The van der Waals surface area contributed by atoms with E-state index in [9.17, 15) is 0 Å². The molecule has 2 rings (SSSR count). The monoisotopic (exact) mass is 251 g/mol. The fourth-order valence-corrected chi connectivity index (χ4v) is 1.93. The van der Waals surface area contributed by atoms with Gasteiger partial charge in [0.25, 0.3) is 0 Å². The first kappa shape index (κ1) is 13.0. The zero-order chi connectivity index (χ0) is 13.8. The van der Waals surface area contributed by atoms with Gasteiger partial charge in [0.15, 0.2) is 0 Å². The molecule has 0 saturated heterocycles. The van der Waals surface area contributed by atoms with Gasteiger partial charge in [-0.3, -0.25) is 0 Å². The van der Waals surface area contributed by atoms with E-state index in [2.05, 4.69) is 28.4 Å². The van der Waals surface area contributed by atoms with Crippen molar-refractivity contribution in [3.05, 3.63) is 59.9 Å². The maximum absolute atomic E-state index is 4.51. The number of nitrogens with one attached hydrogen (secondary N) is 1. The first-order chi connectivity index (χ1) is 9.13. The molecule has 2 aromatic heterocycles. The van der Waals surface area contributed by atoms with E-state index in [0.29, 0.717) is 0 Å². The molecule has 0 radical (unpaired) electrons. The average molecular weight is 251 g/mol. The molecule has 0 saturated carbocycles. The van der Waals surface area contributed by atoms with Crippen LogP contribution in [0.5, 0.6) is 0 Å². The molecule has 3 heteroatoms. The molecule has 0 unspecified atom stereocenters. The van der Waals surface area contributed by atoms with Crippen LogP contribution in [0.25, 0.3) is 12.2 Å². The van der Waals surface area contributed by atoms with Gasteiger partial charge in [-0.2, -0.15) is 0 Å². The number of anilines is 2. The summed E-state index contributed by atoms with van der Waals surface area (Å²) >= 11 is 0. The maximum atomic E-state index is 4.51. The van der Waals surface area contributed by atoms with Gasteiger partial charge in [0.2, 0.25) is 0 Å². The average Bonchev–Trinajstić information content (AvgIpc) is 2.38. The summed E-state index contributed by atoms with van der Waals surface area (Å²) in [6.45, 7) is 11.7. The summed E-state index contributed by atoms with van der Waals surface area (Å²) in [5.74, 6) is 1.55. The molecule has 3 nitrogen and oxygen atoms in total. The number of aryl methyl sites for hydroxylation is 2. The smallest absolute Gasteiger partial charge is 0.132 e. The van der Waals surface area contributed by atoms with Crippen molar-refractivity contribution in [1.82, 2.24) is 9.97 Å². The fourth-order valence-electron chi connectivity index (χ4n) is 1.93. The van der Waals surface area contributed by atoms with E-state index in [-0.39, 0.29) is 0 Å². The molecule has 2 heterocycles. The minimum atomic E-state index is 0.760. The molecule has 19 heavy (non-hydrogen) atoms. The van der Waals surface area contributed by atoms with Crippen molar-refractivity contribution in [2.75, 3.05) is 5.32 Å². The van der Waals surface area contributed by atoms with E-state index in [0.717, 1.165) is 34.0 Å². The highest BCUT2D eigenvalue weighted by Crippen LogP contribution is 2.21. The second-order valence-corrected chi connectivity index (χ2v) is 4.37. The van der Waals surface area contributed by atoms with E-state index in [1.807, 2.05) is 32.0 Å². The molecule has 0 spiro atoms. The number of pyridine rings is 2. The van der Waals surface area contributed by atoms with Crippen LogP contribution in [0.3, 0.4) is 0 Å². The molecular formula is C16H17N3. The Morgan fingerprint density at radius 1 is 1.11 bits per heavy atom. The maximum Gasteiger partial charge on any atom is 0.132 e. The Hall–Kier alpha value is -2.42. The summed E-state index contributed by atoms with van der Waals surface area (Å²) in [5.41, 5.74) is 4.10. The van der Waals surface area contributed by atoms with Crippen molar-refractivity contribution in [3.8, 4) is 0 Å². The molecular weight excluding hydrogens is 234 g/mol. The number of hydrogen-bond acceptors (Lipinski definition) is 3. The van der Waals surface area contributed by atoms with Crippen LogP contribution in [0.1, 0.15) is 22.4 Å². The van der Waals surface area contributed by atoms with E-state index in [4.69, 9.17) is 0 Å². The Morgan fingerprint density at radius 2 is 1.89 bits per heavy atom. The summed E-state index contributed by atoms with van der Waals surface area (Å²) in [4.78, 5) is 8.77. The SMILES string of the molecule is C=Cc1nc(Nc2cc(C)ccn2)cc(C)c1C=C. The lowest BCUT2D eigenvalue weighted by atomic mass is 10.1. The number of hydrogen-bond donors (Lipinski definition) is 1. The highest BCUT2D eigenvalue weighted by molar-refractivity contribution is 5.67. The van der Waals surface area contributed by atoms with Gasteiger partial charge in [0.1, 0.15) is 11.6 Å². The van der Waals surface area contributed by atoms with Crippen LogP contribution in [0.15, 0.2) is 37.6 Å². The van der Waals surface area contributed by atoms with Gasteiger partial charge < -0.3 is 5.32 Å². The summed E-state index contributed by atoms with van der Waals surface area (Å²) in [6.07, 6.45) is 5.31. The third-order valence-electron chi connectivity index (χ3n) is 2.86. The zero-order valence-corrected chi connectivity index (χ0v) is 11.3. The van der Waals surface area contributed by atoms with Gasteiger partial charge in [-0.15, -0.1) is 0 Å². The highest BCUT2D eigenvalue weighted by atomic mass is 15.1. The first-order valence-electron chi connectivity index (χ1n) is 6.10. The summed E-state index contributed by atoms with van der Waals surface area (Å²) in [6, 6.07) is 5.92. The third-order valence-corrected chi connectivity index (χ3v) is 2.86. The second kappa shape index (κ2) is 5.48. The molecule has 0 aliphatic carbocycles. The van der Waals surface area contributed by atoms with Crippen molar-refractivity contribution in [1.29, 1.82) is 0 Å². The van der Waals surface area contributed by atoms with Crippen molar-refractivity contribution >= 4 is 23.8 Å². The standard InChI is InChI=1S/C16H17N3/c1-5-13-12(4)10-16(18-14(13)6-2)19-15-9-11(3)7-8-17-15/h5-10H,1-2H2,3-4H3,(H,17,18,19). The molecule has 96 valence electrons. The Labute approximate surface area is 113 Å². The number of nitrogens with zero attached hydrogens (tertiary/aromatic N) is 2. The molecule has 0 fully saturated rings. The molecule has 2 aromatic rings. The van der Waals surface area contributed by atoms with Crippen LogP contribution in [0.4, 0.5) is 11.6 Å². The molecule has 0 aliphatic heterocycles. The fraction of sp³-hybridized carbons (Fsp3) is 0.125. The molecule has 0 bridgehead atoms. The topological polar surface area (TPSA) is 37.8 Å². The van der Waals surface area contributed by atoms with Crippen molar-refractivity contribution in [2.24, 2.45) is 0 Å². The summed E-state index contributed by atoms with van der Waals surface area (Å²) in [7, 11) is 0. The first-order valence-corrected chi connectivity index (χ1v) is 6.10. The lowest BCUT2D eigenvalue weighted by Crippen LogP contribution is -2.00. The summed E-state index contributed by atoms with van der Waals surface area (Å²) in [5, 5.41) is 3.21. The minimum Gasteiger partial charge on any atom is -0.325 e.